The Hall–Kier alpha value is -2.14. The molecule has 0 fully saturated rings. The molecule has 0 aromatic heterocycles. The minimum Gasteiger partial charge on any atom is -0.480 e. The third-order valence-corrected chi connectivity index (χ3v) is 4.08. The molecule has 0 aliphatic carbocycles. The quantitative estimate of drug-likeness (QED) is 0.202. The van der Waals surface area contributed by atoms with Crippen molar-refractivity contribution in [1.29, 1.82) is 0 Å². The standard InChI is InChI=1S/C23H37NO4/c1-3-4-14-17-21(25)18-15-12-10-8-6-5-7-9-11-13-16-19-22(26)24-20(2)23(27)28/h5-6,9-12,15,18,20-21,25H,3-4,7-8,13-14,16-17,19H2,1-2H3,(H,24,26)(H,27,28). The highest BCUT2D eigenvalue weighted by Gasteiger charge is 2.12. The summed E-state index contributed by atoms with van der Waals surface area (Å²) in [5, 5.41) is 20.9. The SMILES string of the molecule is CCCCCC(O)C=CC=CCC=CCC=CCCCC(=O)NC(C)C(=O)O. The van der Waals surface area contributed by atoms with E-state index in [9.17, 15) is 14.7 Å². The van der Waals surface area contributed by atoms with Crippen LogP contribution >= 0.6 is 0 Å². The highest BCUT2D eigenvalue weighted by molar-refractivity contribution is 5.83. The second-order valence-corrected chi connectivity index (χ2v) is 6.81. The molecule has 0 aliphatic rings. The van der Waals surface area contributed by atoms with Crippen LogP contribution in [0.3, 0.4) is 0 Å². The molecule has 158 valence electrons. The van der Waals surface area contributed by atoms with Crippen LogP contribution in [0.4, 0.5) is 0 Å². The number of aliphatic hydroxyl groups is 1. The lowest BCUT2D eigenvalue weighted by Crippen LogP contribution is -2.38. The number of allylic oxidation sites excluding steroid dienone is 7. The van der Waals surface area contributed by atoms with Crippen LogP contribution in [0.2, 0.25) is 0 Å². The second-order valence-electron chi connectivity index (χ2n) is 6.81. The number of hydrogen-bond acceptors (Lipinski definition) is 3. The number of aliphatic hydroxyl groups excluding tert-OH is 1. The van der Waals surface area contributed by atoms with E-state index in [0.29, 0.717) is 12.8 Å². The molecule has 0 heterocycles. The van der Waals surface area contributed by atoms with Gasteiger partial charge in [0.05, 0.1) is 6.10 Å². The van der Waals surface area contributed by atoms with Gasteiger partial charge in [0, 0.05) is 6.42 Å². The molecule has 2 unspecified atom stereocenters. The first-order valence-electron chi connectivity index (χ1n) is 10.3. The minimum absolute atomic E-state index is 0.225. The lowest BCUT2D eigenvalue weighted by Gasteiger charge is -2.08. The Morgan fingerprint density at radius 2 is 1.64 bits per heavy atom. The summed E-state index contributed by atoms with van der Waals surface area (Å²) in [5.74, 6) is -1.25. The minimum atomic E-state index is -1.02. The fraction of sp³-hybridized carbons (Fsp3) is 0.565. The lowest BCUT2D eigenvalue weighted by molar-refractivity contribution is -0.141. The Bertz CT molecular complexity index is 535. The first-order valence-corrected chi connectivity index (χ1v) is 10.3. The third-order valence-electron chi connectivity index (χ3n) is 4.08. The molecule has 5 heteroatoms. The van der Waals surface area contributed by atoms with Gasteiger partial charge in [-0.1, -0.05) is 74.8 Å². The van der Waals surface area contributed by atoms with E-state index in [4.69, 9.17) is 5.11 Å². The van der Waals surface area contributed by atoms with Crippen molar-refractivity contribution < 1.29 is 19.8 Å². The van der Waals surface area contributed by atoms with E-state index < -0.39 is 12.0 Å². The van der Waals surface area contributed by atoms with Gasteiger partial charge in [-0.2, -0.15) is 0 Å². The summed E-state index contributed by atoms with van der Waals surface area (Å²) in [7, 11) is 0. The molecule has 1 amide bonds. The molecule has 0 rings (SSSR count). The van der Waals surface area contributed by atoms with Crippen LogP contribution in [0.15, 0.2) is 48.6 Å². The van der Waals surface area contributed by atoms with Crippen LogP contribution < -0.4 is 5.32 Å². The van der Waals surface area contributed by atoms with E-state index in [0.717, 1.165) is 32.1 Å². The molecule has 28 heavy (non-hydrogen) atoms. The topological polar surface area (TPSA) is 86.6 Å². The van der Waals surface area contributed by atoms with Crippen LogP contribution in [0.5, 0.6) is 0 Å². The van der Waals surface area contributed by atoms with Gasteiger partial charge in [-0.15, -0.1) is 0 Å². The Balaban J connectivity index is 3.68. The summed E-state index contributed by atoms with van der Waals surface area (Å²) >= 11 is 0. The van der Waals surface area contributed by atoms with Crippen LogP contribution in [0, 0.1) is 0 Å². The van der Waals surface area contributed by atoms with Crippen molar-refractivity contribution in [3.63, 3.8) is 0 Å². The van der Waals surface area contributed by atoms with Gasteiger partial charge in [0.25, 0.3) is 0 Å². The zero-order valence-corrected chi connectivity index (χ0v) is 17.3. The summed E-state index contributed by atoms with van der Waals surface area (Å²) in [5.41, 5.74) is 0. The van der Waals surface area contributed by atoms with Gasteiger partial charge in [-0.3, -0.25) is 9.59 Å². The number of carboxylic acids is 1. The Morgan fingerprint density at radius 1 is 0.964 bits per heavy atom. The number of amides is 1. The third kappa shape index (κ3) is 17.3. The molecule has 3 N–H and O–H groups in total. The summed E-state index contributed by atoms with van der Waals surface area (Å²) in [4.78, 5) is 22.1. The van der Waals surface area contributed by atoms with Crippen molar-refractivity contribution in [3.05, 3.63) is 48.6 Å². The van der Waals surface area contributed by atoms with Gasteiger partial charge in [-0.25, -0.2) is 0 Å². The van der Waals surface area contributed by atoms with Gasteiger partial charge in [0.1, 0.15) is 6.04 Å². The van der Waals surface area contributed by atoms with Crippen LogP contribution in [0.1, 0.15) is 71.6 Å². The molecule has 5 nitrogen and oxygen atoms in total. The summed E-state index contributed by atoms with van der Waals surface area (Å²) in [6.07, 6.45) is 23.5. The van der Waals surface area contributed by atoms with Gasteiger partial charge in [-0.05, 0) is 39.0 Å². The Labute approximate surface area is 169 Å². The zero-order chi connectivity index (χ0) is 21.0. The molecule has 0 spiro atoms. The molecule has 0 aliphatic heterocycles. The van der Waals surface area contributed by atoms with Crippen LogP contribution in [-0.4, -0.2) is 34.2 Å². The van der Waals surface area contributed by atoms with E-state index in [1.165, 1.54) is 19.8 Å². The molecule has 0 saturated carbocycles. The normalized spacial score (nSPS) is 14.4. The number of hydrogen-bond donors (Lipinski definition) is 3. The van der Waals surface area contributed by atoms with Crippen molar-refractivity contribution in [2.24, 2.45) is 0 Å². The van der Waals surface area contributed by atoms with Crippen molar-refractivity contribution >= 4 is 11.9 Å². The number of rotatable bonds is 16. The second kappa shape index (κ2) is 18.2. The molecule has 0 saturated heterocycles. The maximum Gasteiger partial charge on any atom is 0.325 e. The van der Waals surface area contributed by atoms with Gasteiger partial charge < -0.3 is 15.5 Å². The molecule has 0 aromatic carbocycles. The highest BCUT2D eigenvalue weighted by atomic mass is 16.4. The van der Waals surface area contributed by atoms with E-state index >= 15 is 0 Å². The summed E-state index contributed by atoms with van der Waals surface area (Å²) in [6, 6.07) is -0.839. The Morgan fingerprint density at radius 3 is 2.32 bits per heavy atom. The van der Waals surface area contributed by atoms with Crippen molar-refractivity contribution in [3.8, 4) is 0 Å². The smallest absolute Gasteiger partial charge is 0.325 e. The van der Waals surface area contributed by atoms with E-state index in [1.54, 1.807) is 0 Å². The molecule has 0 radical (unpaired) electrons. The van der Waals surface area contributed by atoms with E-state index in [2.05, 4.69) is 30.5 Å². The first-order chi connectivity index (χ1) is 13.5. The predicted octanol–water partition coefficient (Wildman–Crippen LogP) is 4.69. The van der Waals surface area contributed by atoms with Crippen molar-refractivity contribution in [2.75, 3.05) is 0 Å². The lowest BCUT2D eigenvalue weighted by atomic mass is 10.1. The molecule has 2 atom stereocenters. The van der Waals surface area contributed by atoms with Crippen LogP contribution in [0.25, 0.3) is 0 Å². The average Bonchev–Trinajstić information content (AvgIpc) is 2.65. The van der Waals surface area contributed by atoms with Gasteiger partial charge in [0.15, 0.2) is 0 Å². The molecule has 0 bridgehead atoms. The van der Waals surface area contributed by atoms with Crippen molar-refractivity contribution in [2.45, 2.75) is 83.8 Å². The Kier molecular flexibility index (Phi) is 16.8. The van der Waals surface area contributed by atoms with Gasteiger partial charge >= 0.3 is 5.97 Å². The fourth-order valence-electron chi connectivity index (χ4n) is 2.37. The largest absolute Gasteiger partial charge is 0.480 e. The molecular formula is C23H37NO4. The number of carbonyl (C=O) groups excluding carboxylic acids is 1. The zero-order valence-electron chi connectivity index (χ0n) is 17.3. The maximum atomic E-state index is 11.5. The maximum absolute atomic E-state index is 11.5. The van der Waals surface area contributed by atoms with Crippen molar-refractivity contribution in [1.82, 2.24) is 5.32 Å². The summed E-state index contributed by atoms with van der Waals surface area (Å²) in [6.45, 7) is 3.61. The molecular weight excluding hydrogens is 354 g/mol. The number of carboxylic acid groups (broad SMARTS) is 1. The first kappa shape index (κ1) is 25.9. The highest BCUT2D eigenvalue weighted by Crippen LogP contribution is 2.04. The fourth-order valence-corrected chi connectivity index (χ4v) is 2.37. The number of carbonyl (C=O) groups is 2. The van der Waals surface area contributed by atoms with E-state index in [1.807, 2.05) is 30.4 Å². The number of nitrogens with one attached hydrogen (secondary N) is 1. The number of unbranched alkanes of at least 4 members (excludes halogenated alkanes) is 3. The number of aliphatic carboxylic acids is 1. The average molecular weight is 392 g/mol. The van der Waals surface area contributed by atoms with Gasteiger partial charge in [0.2, 0.25) is 5.91 Å². The summed E-state index contributed by atoms with van der Waals surface area (Å²) < 4.78 is 0. The monoisotopic (exact) mass is 391 g/mol. The van der Waals surface area contributed by atoms with E-state index in [-0.39, 0.29) is 12.0 Å². The molecule has 0 aromatic rings. The predicted molar refractivity (Wildman–Crippen MR) is 115 cm³/mol. The van der Waals surface area contributed by atoms with Crippen LogP contribution in [-0.2, 0) is 9.59 Å².